The van der Waals surface area contributed by atoms with Crippen LogP contribution in [0.3, 0.4) is 0 Å². The molecule has 0 saturated heterocycles. The van der Waals surface area contributed by atoms with Crippen LogP contribution in [-0.4, -0.2) is 31.3 Å². The van der Waals surface area contributed by atoms with Crippen molar-refractivity contribution in [2.45, 2.75) is 52.1 Å². The highest BCUT2D eigenvalue weighted by Gasteiger charge is 2.19. The van der Waals surface area contributed by atoms with E-state index in [-0.39, 0.29) is 0 Å². The number of thiazole rings is 1. The highest BCUT2D eigenvalue weighted by atomic mass is 32.1. The Balaban J connectivity index is 1.58. The van der Waals surface area contributed by atoms with E-state index in [1.165, 1.54) is 17.7 Å². The standard InChI is InChI=1S/C15H19N7OS/c1-8-9(2)24-11(17-8)7-16-12-13(18-10-5-3-4-6-10)20-15-14(19-12)21-23-22-15/h10H,3-7H2,1-2H3,(H,16,19,21)(H,18,20,22). The van der Waals surface area contributed by atoms with Crippen molar-refractivity contribution in [1.82, 2.24) is 25.3 Å². The third kappa shape index (κ3) is 3.03. The third-order valence-electron chi connectivity index (χ3n) is 4.29. The normalized spacial score (nSPS) is 15.2. The molecule has 0 aromatic carbocycles. The molecule has 3 aromatic rings. The van der Waals surface area contributed by atoms with E-state index >= 15 is 0 Å². The van der Waals surface area contributed by atoms with E-state index in [0.717, 1.165) is 23.5 Å². The van der Waals surface area contributed by atoms with Crippen molar-refractivity contribution >= 4 is 34.3 Å². The molecule has 1 saturated carbocycles. The molecular weight excluding hydrogens is 326 g/mol. The lowest BCUT2D eigenvalue weighted by Crippen LogP contribution is -2.18. The fourth-order valence-electron chi connectivity index (χ4n) is 2.90. The summed E-state index contributed by atoms with van der Waals surface area (Å²) in [4.78, 5) is 14.8. The average Bonchev–Trinajstić information content (AvgIpc) is 3.28. The van der Waals surface area contributed by atoms with E-state index in [0.29, 0.717) is 35.5 Å². The molecule has 1 aliphatic carbocycles. The number of aromatic nitrogens is 5. The van der Waals surface area contributed by atoms with Crippen molar-refractivity contribution in [2.24, 2.45) is 0 Å². The predicted octanol–water partition coefficient (Wildman–Crippen LogP) is 3.05. The van der Waals surface area contributed by atoms with Crippen molar-refractivity contribution in [3.63, 3.8) is 0 Å². The lowest BCUT2D eigenvalue weighted by molar-refractivity contribution is 0.314. The van der Waals surface area contributed by atoms with Gasteiger partial charge >= 0.3 is 0 Å². The predicted molar refractivity (Wildman–Crippen MR) is 92.2 cm³/mol. The second kappa shape index (κ2) is 6.31. The first-order valence-electron chi connectivity index (χ1n) is 8.12. The lowest BCUT2D eigenvalue weighted by Gasteiger charge is -2.15. The van der Waals surface area contributed by atoms with Gasteiger partial charge in [-0.2, -0.15) is 0 Å². The molecule has 1 aliphatic rings. The van der Waals surface area contributed by atoms with E-state index in [1.54, 1.807) is 11.3 Å². The van der Waals surface area contributed by atoms with Crippen molar-refractivity contribution in [2.75, 3.05) is 10.6 Å². The monoisotopic (exact) mass is 345 g/mol. The molecule has 2 N–H and O–H groups in total. The summed E-state index contributed by atoms with van der Waals surface area (Å²) in [5, 5.41) is 15.4. The Kier molecular flexibility index (Phi) is 4.01. The van der Waals surface area contributed by atoms with Gasteiger partial charge < -0.3 is 10.6 Å². The van der Waals surface area contributed by atoms with Crippen molar-refractivity contribution in [1.29, 1.82) is 0 Å². The van der Waals surface area contributed by atoms with Gasteiger partial charge in [-0.15, -0.1) is 11.3 Å². The van der Waals surface area contributed by atoms with Crippen LogP contribution in [0.2, 0.25) is 0 Å². The molecule has 0 aliphatic heterocycles. The van der Waals surface area contributed by atoms with Crippen LogP contribution in [0.4, 0.5) is 11.6 Å². The molecule has 3 aromatic heterocycles. The Labute approximate surface area is 143 Å². The van der Waals surface area contributed by atoms with Gasteiger partial charge in [-0.05, 0) is 37.0 Å². The summed E-state index contributed by atoms with van der Waals surface area (Å²) in [6.07, 6.45) is 4.81. The SMILES string of the molecule is Cc1nc(CNc2nc3nonc3nc2NC2CCCC2)sc1C. The molecule has 1 fully saturated rings. The number of nitrogens with zero attached hydrogens (tertiary/aromatic N) is 5. The maximum Gasteiger partial charge on any atom is 0.245 e. The summed E-state index contributed by atoms with van der Waals surface area (Å²) in [7, 11) is 0. The highest BCUT2D eigenvalue weighted by molar-refractivity contribution is 7.11. The molecular formula is C15H19N7OS. The summed E-state index contributed by atoms with van der Waals surface area (Å²) in [6.45, 7) is 4.70. The van der Waals surface area contributed by atoms with Crippen LogP contribution >= 0.6 is 11.3 Å². The first-order valence-corrected chi connectivity index (χ1v) is 8.94. The number of aryl methyl sites for hydroxylation is 2. The smallest absolute Gasteiger partial charge is 0.245 e. The van der Waals surface area contributed by atoms with Gasteiger partial charge in [-0.25, -0.2) is 19.6 Å². The summed E-state index contributed by atoms with van der Waals surface area (Å²) in [5.74, 6) is 1.37. The zero-order valence-corrected chi connectivity index (χ0v) is 14.5. The minimum Gasteiger partial charge on any atom is -0.364 e. The molecule has 0 unspecified atom stereocenters. The highest BCUT2D eigenvalue weighted by Crippen LogP contribution is 2.27. The lowest BCUT2D eigenvalue weighted by atomic mass is 10.2. The molecule has 4 rings (SSSR count). The second-order valence-corrected chi connectivity index (χ2v) is 7.35. The summed E-state index contributed by atoms with van der Waals surface area (Å²) < 4.78 is 4.74. The summed E-state index contributed by atoms with van der Waals surface area (Å²) in [5.41, 5.74) is 1.89. The fraction of sp³-hybridized carbons (Fsp3) is 0.533. The van der Waals surface area contributed by atoms with E-state index < -0.39 is 0 Å². The number of hydrogen-bond acceptors (Lipinski definition) is 9. The molecule has 3 heterocycles. The zero-order valence-electron chi connectivity index (χ0n) is 13.7. The summed E-state index contributed by atoms with van der Waals surface area (Å²) in [6, 6.07) is 0.432. The van der Waals surface area contributed by atoms with Crippen LogP contribution in [0.25, 0.3) is 11.3 Å². The maximum atomic E-state index is 4.74. The average molecular weight is 345 g/mol. The van der Waals surface area contributed by atoms with Gasteiger partial charge in [-0.3, -0.25) is 0 Å². The van der Waals surface area contributed by atoms with Crippen LogP contribution in [0.5, 0.6) is 0 Å². The molecule has 0 spiro atoms. The Morgan fingerprint density at radius 3 is 2.42 bits per heavy atom. The molecule has 24 heavy (non-hydrogen) atoms. The topological polar surface area (TPSA) is 102 Å². The fourth-order valence-corrected chi connectivity index (χ4v) is 3.77. The van der Waals surface area contributed by atoms with Gasteiger partial charge in [0.25, 0.3) is 0 Å². The molecule has 0 bridgehead atoms. The van der Waals surface area contributed by atoms with Crippen LogP contribution in [-0.2, 0) is 6.54 Å². The van der Waals surface area contributed by atoms with Crippen molar-refractivity contribution in [3.8, 4) is 0 Å². The van der Waals surface area contributed by atoms with Crippen LogP contribution in [0, 0.1) is 13.8 Å². The van der Waals surface area contributed by atoms with E-state index in [1.807, 2.05) is 6.92 Å². The van der Waals surface area contributed by atoms with E-state index in [2.05, 4.69) is 42.8 Å². The van der Waals surface area contributed by atoms with Gasteiger partial charge in [0.05, 0.1) is 12.2 Å². The van der Waals surface area contributed by atoms with Gasteiger partial charge in [0.15, 0.2) is 11.6 Å². The maximum absolute atomic E-state index is 4.74. The summed E-state index contributed by atoms with van der Waals surface area (Å²) >= 11 is 1.69. The van der Waals surface area contributed by atoms with Gasteiger partial charge in [-0.1, -0.05) is 12.8 Å². The molecule has 9 heteroatoms. The van der Waals surface area contributed by atoms with Crippen LogP contribution < -0.4 is 10.6 Å². The molecule has 126 valence electrons. The second-order valence-electron chi connectivity index (χ2n) is 6.06. The minimum atomic E-state index is 0.404. The molecule has 0 amide bonds. The first-order chi connectivity index (χ1) is 11.7. The van der Waals surface area contributed by atoms with E-state index in [9.17, 15) is 0 Å². The molecule has 0 radical (unpaired) electrons. The van der Waals surface area contributed by atoms with E-state index in [4.69, 9.17) is 4.63 Å². The van der Waals surface area contributed by atoms with Crippen molar-refractivity contribution < 1.29 is 4.63 Å². The van der Waals surface area contributed by atoms with Gasteiger partial charge in [0, 0.05) is 10.9 Å². The number of hydrogen-bond donors (Lipinski definition) is 2. The number of nitrogens with one attached hydrogen (secondary N) is 2. The molecule has 0 atom stereocenters. The first kappa shape index (κ1) is 15.3. The minimum absolute atomic E-state index is 0.404. The zero-order chi connectivity index (χ0) is 16.5. The van der Waals surface area contributed by atoms with Crippen molar-refractivity contribution in [3.05, 3.63) is 15.6 Å². The number of fused-ring (bicyclic) bond motifs is 1. The quantitative estimate of drug-likeness (QED) is 0.727. The number of rotatable bonds is 5. The Bertz CT molecular complexity index is 833. The van der Waals surface area contributed by atoms with Crippen LogP contribution in [0.1, 0.15) is 41.3 Å². The van der Waals surface area contributed by atoms with Gasteiger partial charge in [0.2, 0.25) is 11.3 Å². The molecule has 8 nitrogen and oxygen atoms in total. The Morgan fingerprint density at radius 1 is 1.04 bits per heavy atom. The van der Waals surface area contributed by atoms with Gasteiger partial charge in [0.1, 0.15) is 5.01 Å². The van der Waals surface area contributed by atoms with Crippen LogP contribution in [0.15, 0.2) is 4.63 Å². The largest absolute Gasteiger partial charge is 0.364 e. The number of anilines is 2. The Morgan fingerprint density at radius 2 is 1.75 bits per heavy atom. The third-order valence-corrected chi connectivity index (χ3v) is 5.36. The Hall–Kier alpha value is -2.29.